The highest BCUT2D eigenvalue weighted by molar-refractivity contribution is 5.93. The fourth-order valence-electron chi connectivity index (χ4n) is 1.92. The number of carbonyl (C=O) groups excluding carboxylic acids is 1. The van der Waals surface area contributed by atoms with Gasteiger partial charge in [0.15, 0.2) is 11.5 Å². The molecule has 1 aromatic carbocycles. The maximum absolute atomic E-state index is 12.0. The first kappa shape index (κ1) is 12.7. The van der Waals surface area contributed by atoms with Crippen molar-refractivity contribution in [2.24, 2.45) is 11.7 Å². The van der Waals surface area contributed by atoms with E-state index in [1.807, 2.05) is 6.92 Å². The van der Waals surface area contributed by atoms with E-state index in [4.69, 9.17) is 15.2 Å². The van der Waals surface area contributed by atoms with Gasteiger partial charge >= 0.3 is 0 Å². The van der Waals surface area contributed by atoms with Crippen molar-refractivity contribution in [2.45, 2.75) is 19.8 Å². The molecule has 0 aliphatic carbocycles. The van der Waals surface area contributed by atoms with Gasteiger partial charge in [0.25, 0.3) is 0 Å². The van der Waals surface area contributed by atoms with E-state index in [-0.39, 0.29) is 18.6 Å². The van der Waals surface area contributed by atoms with Gasteiger partial charge in [-0.2, -0.15) is 0 Å². The van der Waals surface area contributed by atoms with Crippen molar-refractivity contribution in [3.8, 4) is 11.5 Å². The van der Waals surface area contributed by atoms with E-state index in [0.29, 0.717) is 23.7 Å². The molecule has 0 saturated carbocycles. The zero-order chi connectivity index (χ0) is 13.0. The van der Waals surface area contributed by atoms with Crippen molar-refractivity contribution in [3.63, 3.8) is 0 Å². The molecule has 0 bridgehead atoms. The highest BCUT2D eigenvalue weighted by Crippen LogP contribution is 2.34. The Hall–Kier alpha value is -1.75. The fourth-order valence-corrected chi connectivity index (χ4v) is 1.92. The van der Waals surface area contributed by atoms with Crippen LogP contribution in [0.2, 0.25) is 0 Å². The molecular formula is C13H18N2O3. The monoisotopic (exact) mass is 250 g/mol. The van der Waals surface area contributed by atoms with Crippen LogP contribution in [0.4, 0.5) is 5.69 Å². The number of nitrogens with one attached hydrogen (secondary N) is 1. The average molecular weight is 250 g/mol. The lowest BCUT2D eigenvalue weighted by Gasteiger charge is -2.14. The maximum Gasteiger partial charge on any atom is 0.231 e. The Labute approximate surface area is 106 Å². The van der Waals surface area contributed by atoms with Gasteiger partial charge in [0.05, 0.1) is 5.92 Å². The summed E-state index contributed by atoms with van der Waals surface area (Å²) in [5, 5.41) is 2.85. The lowest BCUT2D eigenvalue weighted by Crippen LogP contribution is -2.29. The number of hydrogen-bond donors (Lipinski definition) is 2. The topological polar surface area (TPSA) is 73.6 Å². The van der Waals surface area contributed by atoms with Crippen LogP contribution in [-0.4, -0.2) is 19.2 Å². The standard InChI is InChI=1S/C13H18N2O3/c1-2-3-9(7-14)13(16)15-10-4-5-11-12(6-10)18-8-17-11/h4-6,9H,2-3,7-8,14H2,1H3,(H,15,16). The van der Waals surface area contributed by atoms with Crippen molar-refractivity contribution in [3.05, 3.63) is 18.2 Å². The Morgan fingerprint density at radius 3 is 2.94 bits per heavy atom. The van der Waals surface area contributed by atoms with Crippen LogP contribution < -0.4 is 20.5 Å². The molecule has 1 unspecified atom stereocenters. The number of nitrogens with two attached hydrogens (primary N) is 1. The molecule has 18 heavy (non-hydrogen) atoms. The molecule has 5 nitrogen and oxygen atoms in total. The molecule has 0 spiro atoms. The van der Waals surface area contributed by atoms with Crippen LogP contribution in [0.5, 0.6) is 11.5 Å². The predicted octanol–water partition coefficient (Wildman–Crippen LogP) is 1.73. The zero-order valence-electron chi connectivity index (χ0n) is 10.4. The normalized spacial score (nSPS) is 14.3. The average Bonchev–Trinajstić information content (AvgIpc) is 2.83. The third-order valence-corrected chi connectivity index (χ3v) is 2.93. The van der Waals surface area contributed by atoms with Gasteiger partial charge in [-0.1, -0.05) is 13.3 Å². The molecule has 1 heterocycles. The molecule has 5 heteroatoms. The van der Waals surface area contributed by atoms with E-state index in [2.05, 4.69) is 5.32 Å². The van der Waals surface area contributed by atoms with Crippen LogP contribution in [-0.2, 0) is 4.79 Å². The number of benzene rings is 1. The Morgan fingerprint density at radius 1 is 1.44 bits per heavy atom. The van der Waals surface area contributed by atoms with Gasteiger partial charge in [0.2, 0.25) is 12.7 Å². The number of amides is 1. The number of anilines is 1. The second kappa shape index (κ2) is 5.73. The van der Waals surface area contributed by atoms with E-state index in [1.165, 1.54) is 0 Å². The molecule has 0 saturated heterocycles. The van der Waals surface area contributed by atoms with Crippen LogP contribution in [0.15, 0.2) is 18.2 Å². The van der Waals surface area contributed by atoms with Crippen molar-refractivity contribution in [2.75, 3.05) is 18.7 Å². The molecule has 0 radical (unpaired) electrons. The number of ether oxygens (including phenoxy) is 2. The van der Waals surface area contributed by atoms with Gasteiger partial charge in [-0.05, 0) is 18.6 Å². The number of hydrogen-bond acceptors (Lipinski definition) is 4. The minimum absolute atomic E-state index is 0.0433. The van der Waals surface area contributed by atoms with Gasteiger partial charge in [-0.3, -0.25) is 4.79 Å². The van der Waals surface area contributed by atoms with Gasteiger partial charge in [-0.25, -0.2) is 0 Å². The molecule has 2 rings (SSSR count). The van der Waals surface area contributed by atoms with Crippen LogP contribution in [0.1, 0.15) is 19.8 Å². The Balaban J connectivity index is 2.02. The highest BCUT2D eigenvalue weighted by Gasteiger charge is 2.18. The number of rotatable bonds is 5. The minimum Gasteiger partial charge on any atom is -0.454 e. The van der Waals surface area contributed by atoms with Crippen LogP contribution in [0.25, 0.3) is 0 Å². The van der Waals surface area contributed by atoms with E-state index in [9.17, 15) is 4.79 Å². The maximum atomic E-state index is 12.0. The Kier molecular flexibility index (Phi) is 4.04. The van der Waals surface area contributed by atoms with Crippen molar-refractivity contribution >= 4 is 11.6 Å². The number of fused-ring (bicyclic) bond motifs is 1. The molecular weight excluding hydrogens is 232 g/mol. The third-order valence-electron chi connectivity index (χ3n) is 2.93. The molecule has 0 aromatic heterocycles. The summed E-state index contributed by atoms with van der Waals surface area (Å²) in [7, 11) is 0. The quantitative estimate of drug-likeness (QED) is 0.834. The van der Waals surface area contributed by atoms with Crippen LogP contribution in [0.3, 0.4) is 0 Å². The van der Waals surface area contributed by atoms with E-state index >= 15 is 0 Å². The van der Waals surface area contributed by atoms with Gasteiger partial charge in [0, 0.05) is 18.3 Å². The van der Waals surface area contributed by atoms with Crippen molar-refractivity contribution in [1.29, 1.82) is 0 Å². The molecule has 1 aliphatic heterocycles. The summed E-state index contributed by atoms with van der Waals surface area (Å²) in [6.07, 6.45) is 1.74. The van der Waals surface area contributed by atoms with Crippen LogP contribution in [0, 0.1) is 5.92 Å². The van der Waals surface area contributed by atoms with Gasteiger partial charge in [0.1, 0.15) is 0 Å². The summed E-state index contributed by atoms with van der Waals surface area (Å²) in [6.45, 7) is 2.63. The first-order valence-electron chi connectivity index (χ1n) is 6.15. The Morgan fingerprint density at radius 2 is 2.22 bits per heavy atom. The molecule has 3 N–H and O–H groups in total. The molecule has 1 aromatic rings. The third kappa shape index (κ3) is 2.73. The summed E-state index contributed by atoms with van der Waals surface area (Å²) < 4.78 is 10.5. The van der Waals surface area contributed by atoms with E-state index in [0.717, 1.165) is 12.8 Å². The lowest BCUT2D eigenvalue weighted by atomic mass is 10.0. The molecule has 0 fully saturated rings. The highest BCUT2D eigenvalue weighted by atomic mass is 16.7. The predicted molar refractivity (Wildman–Crippen MR) is 68.6 cm³/mol. The van der Waals surface area contributed by atoms with Gasteiger partial charge in [-0.15, -0.1) is 0 Å². The second-order valence-corrected chi connectivity index (χ2v) is 4.28. The summed E-state index contributed by atoms with van der Waals surface area (Å²) in [5.41, 5.74) is 6.31. The van der Waals surface area contributed by atoms with E-state index in [1.54, 1.807) is 18.2 Å². The lowest BCUT2D eigenvalue weighted by molar-refractivity contribution is -0.119. The first-order chi connectivity index (χ1) is 8.74. The Bertz CT molecular complexity index is 434. The molecule has 1 aliphatic rings. The van der Waals surface area contributed by atoms with Crippen LogP contribution >= 0.6 is 0 Å². The zero-order valence-corrected chi connectivity index (χ0v) is 10.4. The minimum atomic E-state index is -0.138. The molecule has 98 valence electrons. The summed E-state index contributed by atoms with van der Waals surface area (Å²) in [6, 6.07) is 5.35. The van der Waals surface area contributed by atoms with Crippen molar-refractivity contribution < 1.29 is 14.3 Å². The van der Waals surface area contributed by atoms with E-state index < -0.39 is 0 Å². The number of carbonyl (C=O) groups is 1. The summed E-state index contributed by atoms with van der Waals surface area (Å²) >= 11 is 0. The van der Waals surface area contributed by atoms with Crippen molar-refractivity contribution in [1.82, 2.24) is 0 Å². The van der Waals surface area contributed by atoms with Gasteiger partial charge < -0.3 is 20.5 Å². The first-order valence-corrected chi connectivity index (χ1v) is 6.15. The summed E-state index contributed by atoms with van der Waals surface area (Å²) in [5.74, 6) is 1.18. The second-order valence-electron chi connectivity index (χ2n) is 4.28. The SMILES string of the molecule is CCCC(CN)C(=O)Nc1ccc2c(c1)OCO2. The smallest absolute Gasteiger partial charge is 0.231 e. The molecule has 1 amide bonds. The largest absolute Gasteiger partial charge is 0.454 e. The molecule has 1 atom stereocenters. The fraction of sp³-hybridized carbons (Fsp3) is 0.462. The summed E-state index contributed by atoms with van der Waals surface area (Å²) in [4.78, 5) is 12.0.